The van der Waals surface area contributed by atoms with Gasteiger partial charge in [0.05, 0.1) is 18.3 Å². The van der Waals surface area contributed by atoms with Gasteiger partial charge in [0, 0.05) is 0 Å². The molecule has 1 rings (SSSR count). The number of unbranched alkanes of at least 4 members (excludes halogenated alkanes) is 3. The number of hydrogen-bond donors (Lipinski definition) is 0. The van der Waals surface area contributed by atoms with Gasteiger partial charge in [-0.05, 0) is 77.0 Å². The van der Waals surface area contributed by atoms with E-state index >= 15 is 0 Å². The van der Waals surface area contributed by atoms with Crippen LogP contribution in [0, 0.1) is 0 Å². The molecule has 2 nitrogen and oxygen atoms in total. The predicted molar refractivity (Wildman–Crippen MR) is 109 cm³/mol. The summed E-state index contributed by atoms with van der Waals surface area (Å²) in [7, 11) is 1.77. The summed E-state index contributed by atoms with van der Waals surface area (Å²) in [5.41, 5.74) is 2.65. The van der Waals surface area contributed by atoms with Crippen molar-refractivity contribution in [2.24, 2.45) is 0 Å². The van der Waals surface area contributed by atoms with Gasteiger partial charge in [-0.25, -0.2) is 0 Å². The predicted octanol–water partition coefficient (Wildman–Crippen LogP) is 6.91. The van der Waals surface area contributed by atoms with Crippen molar-refractivity contribution in [3.63, 3.8) is 0 Å². The Morgan fingerprint density at radius 2 is 1.56 bits per heavy atom. The third-order valence-corrected chi connectivity index (χ3v) is 4.53. The highest BCUT2D eigenvalue weighted by Crippen LogP contribution is 2.27. The summed E-state index contributed by atoms with van der Waals surface area (Å²) in [5, 5.41) is 0. The van der Waals surface area contributed by atoms with Gasteiger partial charge in [-0.2, -0.15) is 0 Å². The molecule has 1 aromatic carbocycles. The number of benzene rings is 1. The van der Waals surface area contributed by atoms with Gasteiger partial charge in [0.2, 0.25) is 0 Å². The lowest BCUT2D eigenvalue weighted by atomic mass is 9.96. The Kier molecular flexibility index (Phi) is 8.47. The maximum absolute atomic E-state index is 6.15. The van der Waals surface area contributed by atoms with Crippen molar-refractivity contribution >= 4 is 0 Å². The standard InChI is InChI=1S/C23H40O2/c1-18(2)19-14-15-21(24-8)20(17-19)13-11-9-10-12-16-23(6,7)25-22(3,4)5/h14-15,17-18H,9-13,16H2,1-8H3. The minimum absolute atomic E-state index is 0.0347. The van der Waals surface area contributed by atoms with Crippen molar-refractivity contribution in [3.8, 4) is 5.75 Å². The Morgan fingerprint density at radius 1 is 0.920 bits per heavy atom. The Labute approximate surface area is 156 Å². The average molecular weight is 349 g/mol. The van der Waals surface area contributed by atoms with Gasteiger partial charge in [-0.3, -0.25) is 0 Å². The molecule has 0 amide bonds. The fourth-order valence-electron chi connectivity index (χ4n) is 3.45. The van der Waals surface area contributed by atoms with Crippen LogP contribution in [0.25, 0.3) is 0 Å². The number of rotatable bonds is 10. The second-order valence-corrected chi connectivity index (χ2v) is 9.11. The Morgan fingerprint density at radius 3 is 2.12 bits per heavy atom. The van der Waals surface area contributed by atoms with E-state index in [2.05, 4.69) is 66.7 Å². The summed E-state index contributed by atoms with van der Waals surface area (Å²) in [6.07, 6.45) is 7.20. The highest BCUT2D eigenvalue weighted by Gasteiger charge is 2.24. The molecule has 0 atom stereocenters. The first-order valence-electron chi connectivity index (χ1n) is 9.91. The second kappa shape index (κ2) is 9.62. The quantitative estimate of drug-likeness (QED) is 0.428. The third kappa shape index (κ3) is 8.76. The van der Waals surface area contributed by atoms with E-state index in [0.29, 0.717) is 5.92 Å². The van der Waals surface area contributed by atoms with Crippen molar-refractivity contribution in [2.45, 2.75) is 104 Å². The van der Waals surface area contributed by atoms with E-state index in [-0.39, 0.29) is 11.2 Å². The van der Waals surface area contributed by atoms with Crippen LogP contribution in [-0.4, -0.2) is 18.3 Å². The molecule has 0 bridgehead atoms. The van der Waals surface area contributed by atoms with Crippen LogP contribution in [0.15, 0.2) is 18.2 Å². The minimum atomic E-state index is -0.0680. The minimum Gasteiger partial charge on any atom is -0.496 e. The van der Waals surface area contributed by atoms with Crippen molar-refractivity contribution in [2.75, 3.05) is 7.11 Å². The highest BCUT2D eigenvalue weighted by atomic mass is 16.5. The zero-order chi connectivity index (χ0) is 19.1. The average Bonchev–Trinajstić information content (AvgIpc) is 2.47. The van der Waals surface area contributed by atoms with E-state index in [0.717, 1.165) is 18.6 Å². The lowest BCUT2D eigenvalue weighted by molar-refractivity contribution is -0.116. The molecule has 0 saturated heterocycles. The number of ether oxygens (including phenoxy) is 2. The first kappa shape index (κ1) is 22.0. The summed E-state index contributed by atoms with van der Waals surface area (Å²) in [4.78, 5) is 0. The number of aryl methyl sites for hydroxylation is 1. The molecular formula is C23H40O2. The maximum atomic E-state index is 6.15. The van der Waals surface area contributed by atoms with E-state index < -0.39 is 0 Å². The molecule has 0 aliphatic rings. The molecule has 2 heteroatoms. The van der Waals surface area contributed by atoms with Gasteiger partial charge in [-0.15, -0.1) is 0 Å². The lowest BCUT2D eigenvalue weighted by Crippen LogP contribution is -2.34. The van der Waals surface area contributed by atoms with Crippen LogP contribution >= 0.6 is 0 Å². The Hall–Kier alpha value is -1.02. The molecule has 0 aromatic heterocycles. The van der Waals surface area contributed by atoms with Gasteiger partial charge in [-0.1, -0.05) is 45.2 Å². The van der Waals surface area contributed by atoms with E-state index in [1.807, 2.05) is 0 Å². The number of methoxy groups -OCH3 is 1. The summed E-state index contributed by atoms with van der Waals surface area (Å²) in [6.45, 7) is 15.3. The highest BCUT2D eigenvalue weighted by molar-refractivity contribution is 5.38. The maximum Gasteiger partial charge on any atom is 0.122 e. The molecule has 0 aliphatic carbocycles. The van der Waals surface area contributed by atoms with Gasteiger partial charge in [0.15, 0.2) is 0 Å². The van der Waals surface area contributed by atoms with Gasteiger partial charge in [0.25, 0.3) is 0 Å². The summed E-state index contributed by atoms with van der Waals surface area (Å²) < 4.78 is 11.7. The topological polar surface area (TPSA) is 18.5 Å². The van der Waals surface area contributed by atoms with E-state index in [9.17, 15) is 0 Å². The smallest absolute Gasteiger partial charge is 0.122 e. The fourth-order valence-corrected chi connectivity index (χ4v) is 3.45. The van der Waals surface area contributed by atoms with Crippen LogP contribution in [0.5, 0.6) is 5.75 Å². The largest absolute Gasteiger partial charge is 0.496 e. The normalized spacial score (nSPS) is 12.7. The summed E-state index contributed by atoms with van der Waals surface area (Å²) in [5.74, 6) is 1.60. The van der Waals surface area contributed by atoms with Crippen LogP contribution < -0.4 is 4.74 Å². The SMILES string of the molecule is COc1ccc(C(C)C)cc1CCCCCCC(C)(C)OC(C)(C)C. The van der Waals surface area contributed by atoms with Crippen molar-refractivity contribution in [1.82, 2.24) is 0 Å². The van der Waals surface area contributed by atoms with Gasteiger partial charge < -0.3 is 9.47 Å². The summed E-state index contributed by atoms with van der Waals surface area (Å²) in [6, 6.07) is 6.63. The molecule has 0 unspecified atom stereocenters. The Balaban J connectivity index is 2.38. The molecule has 1 aromatic rings. The molecule has 0 saturated carbocycles. The second-order valence-electron chi connectivity index (χ2n) is 9.11. The molecule has 0 spiro atoms. The monoisotopic (exact) mass is 348 g/mol. The summed E-state index contributed by atoms with van der Waals surface area (Å²) >= 11 is 0. The molecule has 0 heterocycles. The van der Waals surface area contributed by atoms with E-state index in [1.54, 1.807) is 7.11 Å². The van der Waals surface area contributed by atoms with Crippen LogP contribution in [0.1, 0.15) is 97.6 Å². The molecule has 0 fully saturated rings. The molecular weight excluding hydrogens is 308 g/mol. The molecule has 25 heavy (non-hydrogen) atoms. The van der Waals surface area contributed by atoms with Crippen LogP contribution in [0.2, 0.25) is 0 Å². The molecule has 144 valence electrons. The lowest BCUT2D eigenvalue weighted by Gasteiger charge is -2.34. The number of hydrogen-bond acceptors (Lipinski definition) is 2. The van der Waals surface area contributed by atoms with Crippen molar-refractivity contribution in [3.05, 3.63) is 29.3 Å². The molecule has 0 radical (unpaired) electrons. The zero-order valence-corrected chi connectivity index (χ0v) is 17.9. The van der Waals surface area contributed by atoms with E-state index in [4.69, 9.17) is 9.47 Å². The van der Waals surface area contributed by atoms with Crippen LogP contribution in [0.4, 0.5) is 0 Å². The van der Waals surface area contributed by atoms with Gasteiger partial charge >= 0.3 is 0 Å². The zero-order valence-electron chi connectivity index (χ0n) is 17.9. The molecule has 0 N–H and O–H groups in total. The third-order valence-electron chi connectivity index (χ3n) is 4.53. The van der Waals surface area contributed by atoms with Crippen molar-refractivity contribution < 1.29 is 9.47 Å². The first-order valence-corrected chi connectivity index (χ1v) is 9.91. The van der Waals surface area contributed by atoms with Gasteiger partial charge in [0.1, 0.15) is 5.75 Å². The first-order chi connectivity index (χ1) is 11.5. The fraction of sp³-hybridized carbons (Fsp3) is 0.739. The van der Waals surface area contributed by atoms with E-state index in [1.165, 1.54) is 36.8 Å². The molecule has 0 aliphatic heterocycles. The van der Waals surface area contributed by atoms with Crippen LogP contribution in [-0.2, 0) is 11.2 Å². The Bertz CT molecular complexity index is 509. The van der Waals surface area contributed by atoms with Crippen molar-refractivity contribution in [1.29, 1.82) is 0 Å². The van der Waals surface area contributed by atoms with Crippen LogP contribution in [0.3, 0.4) is 0 Å².